The van der Waals surface area contributed by atoms with E-state index in [9.17, 15) is 4.79 Å². The van der Waals surface area contributed by atoms with Gasteiger partial charge in [-0.1, -0.05) is 86.5 Å². The minimum absolute atomic E-state index is 0.142. The second-order valence-corrected chi connectivity index (χ2v) is 7.84. The molecule has 0 bridgehead atoms. The lowest BCUT2D eigenvalue weighted by atomic mass is 9.88. The van der Waals surface area contributed by atoms with Gasteiger partial charge >= 0.3 is 0 Å². The van der Waals surface area contributed by atoms with Crippen molar-refractivity contribution in [1.82, 2.24) is 4.90 Å². The molecule has 1 unspecified atom stereocenters. The van der Waals surface area contributed by atoms with E-state index < -0.39 is 5.60 Å². The Balaban J connectivity index is 1.77. The number of carbonyl (C=O) groups is 1. The van der Waals surface area contributed by atoms with E-state index in [4.69, 9.17) is 4.74 Å². The molecule has 1 saturated heterocycles. The van der Waals surface area contributed by atoms with Crippen molar-refractivity contribution in [1.29, 1.82) is 0 Å². The Labute approximate surface area is 169 Å². The number of Topliss-reactive ketones (excluding diaryl/α,β-unsaturated/α-hetero) is 1. The largest absolute Gasteiger partial charge is 0.361 e. The van der Waals surface area contributed by atoms with Crippen LogP contribution >= 0.6 is 0 Å². The van der Waals surface area contributed by atoms with Crippen molar-refractivity contribution in [3.63, 3.8) is 0 Å². The third kappa shape index (κ3) is 5.40. The smallest absolute Gasteiger partial charge is 0.192 e. The number of carbonyl (C=O) groups excluding carboxylic acids is 1. The maximum absolute atomic E-state index is 13.2. The fourth-order valence-corrected chi connectivity index (χ4v) is 3.73. The average Bonchev–Trinajstić information content (AvgIpc) is 2.72. The first-order valence-electron chi connectivity index (χ1n) is 10.3. The highest BCUT2D eigenvalue weighted by atomic mass is 16.5. The van der Waals surface area contributed by atoms with E-state index in [1.807, 2.05) is 43.3 Å². The normalized spacial score (nSPS) is 21.9. The molecule has 0 radical (unpaired) electrons. The number of hydrogen-bond donors (Lipinski definition) is 0. The van der Waals surface area contributed by atoms with Crippen molar-refractivity contribution in [3.05, 3.63) is 83.4 Å². The Morgan fingerprint density at radius 3 is 2.32 bits per heavy atom. The van der Waals surface area contributed by atoms with Crippen LogP contribution in [0.4, 0.5) is 0 Å². The van der Waals surface area contributed by atoms with Crippen LogP contribution in [-0.2, 0) is 22.7 Å². The van der Waals surface area contributed by atoms with Crippen LogP contribution in [0.25, 0.3) is 0 Å². The molecule has 1 heterocycles. The second-order valence-electron chi connectivity index (χ2n) is 7.84. The summed E-state index contributed by atoms with van der Waals surface area (Å²) >= 11 is 0. The summed E-state index contributed by atoms with van der Waals surface area (Å²) in [7, 11) is 0. The van der Waals surface area contributed by atoms with Crippen LogP contribution < -0.4 is 0 Å². The van der Waals surface area contributed by atoms with Gasteiger partial charge in [0.05, 0.1) is 6.61 Å². The molecule has 0 N–H and O–H groups in total. The number of ether oxygens (including phenoxy) is 1. The summed E-state index contributed by atoms with van der Waals surface area (Å²) in [6, 6.07) is 20.5. The summed E-state index contributed by atoms with van der Waals surface area (Å²) in [6.45, 7) is 6.70. The van der Waals surface area contributed by atoms with E-state index in [0.29, 0.717) is 19.7 Å². The predicted octanol–water partition coefficient (Wildman–Crippen LogP) is 5.16. The van der Waals surface area contributed by atoms with E-state index in [1.54, 1.807) is 0 Å². The Morgan fingerprint density at radius 2 is 1.68 bits per heavy atom. The zero-order valence-electron chi connectivity index (χ0n) is 17.1. The van der Waals surface area contributed by atoms with Gasteiger partial charge < -0.3 is 4.74 Å². The lowest BCUT2D eigenvalue weighted by molar-refractivity contribution is -0.147. The van der Waals surface area contributed by atoms with Crippen molar-refractivity contribution >= 4 is 5.78 Å². The predicted molar refractivity (Wildman–Crippen MR) is 114 cm³/mol. The van der Waals surface area contributed by atoms with Crippen LogP contribution in [0.3, 0.4) is 0 Å². The fraction of sp³-hybridized carbons (Fsp3) is 0.400. The Kier molecular flexibility index (Phi) is 7.18. The van der Waals surface area contributed by atoms with Gasteiger partial charge in [0.25, 0.3) is 0 Å². The number of ketones is 1. The molecule has 148 valence electrons. The number of unbranched alkanes of at least 4 members (excludes halogenated alkanes) is 2. The minimum Gasteiger partial charge on any atom is -0.361 e. The number of likely N-dealkylation sites (tertiary alicyclic amines) is 1. The lowest BCUT2D eigenvalue weighted by Gasteiger charge is -2.40. The molecule has 0 spiro atoms. The monoisotopic (exact) mass is 377 g/mol. The standard InChI is InChI=1S/C25H31NO2/c1-3-4-7-16-23-18-26(17-21-12-8-5-9-13-21)20-25(2,24(23)27)28-19-22-14-10-6-11-15-22/h5-6,8-16H,3-4,7,17-20H2,1-2H3/b23-16-. The Bertz CT molecular complexity index is 785. The number of hydrogen-bond acceptors (Lipinski definition) is 3. The van der Waals surface area contributed by atoms with E-state index in [1.165, 1.54) is 5.56 Å². The topological polar surface area (TPSA) is 29.5 Å². The third-order valence-corrected chi connectivity index (χ3v) is 5.29. The van der Waals surface area contributed by atoms with Crippen LogP contribution in [0.1, 0.15) is 44.2 Å². The molecule has 2 aromatic carbocycles. The van der Waals surface area contributed by atoms with Gasteiger partial charge in [-0.15, -0.1) is 0 Å². The lowest BCUT2D eigenvalue weighted by Crippen LogP contribution is -2.55. The molecule has 0 saturated carbocycles. The van der Waals surface area contributed by atoms with Gasteiger partial charge in [-0.05, 0) is 24.5 Å². The SMILES string of the molecule is CCCC/C=C1/CN(Cc2ccccc2)CC(C)(OCc2ccccc2)C1=O. The number of rotatable bonds is 8. The van der Waals surface area contributed by atoms with Gasteiger partial charge in [0, 0.05) is 25.2 Å². The number of allylic oxidation sites excluding steroid dienone is 1. The molecule has 2 aromatic rings. The molecular formula is C25H31NO2. The van der Waals surface area contributed by atoms with Crippen molar-refractivity contribution in [2.45, 2.75) is 51.9 Å². The third-order valence-electron chi connectivity index (χ3n) is 5.29. The van der Waals surface area contributed by atoms with Gasteiger partial charge in [0.2, 0.25) is 0 Å². The van der Waals surface area contributed by atoms with Crippen molar-refractivity contribution in [2.75, 3.05) is 13.1 Å². The minimum atomic E-state index is -0.819. The molecule has 1 fully saturated rings. The summed E-state index contributed by atoms with van der Waals surface area (Å²) in [4.78, 5) is 15.6. The summed E-state index contributed by atoms with van der Waals surface area (Å²) in [5.74, 6) is 0.142. The first-order chi connectivity index (χ1) is 13.6. The zero-order valence-corrected chi connectivity index (χ0v) is 17.1. The number of benzene rings is 2. The highest BCUT2D eigenvalue weighted by Gasteiger charge is 2.42. The van der Waals surface area contributed by atoms with Crippen LogP contribution in [-0.4, -0.2) is 29.4 Å². The quantitative estimate of drug-likeness (QED) is 0.470. The second kappa shape index (κ2) is 9.81. The molecule has 0 aromatic heterocycles. The van der Waals surface area contributed by atoms with Gasteiger partial charge in [-0.3, -0.25) is 9.69 Å². The molecule has 3 heteroatoms. The molecule has 1 aliphatic rings. The Hall–Kier alpha value is -2.23. The van der Waals surface area contributed by atoms with Gasteiger partial charge in [0.15, 0.2) is 5.78 Å². The van der Waals surface area contributed by atoms with Crippen LogP contribution in [0.2, 0.25) is 0 Å². The van der Waals surface area contributed by atoms with E-state index >= 15 is 0 Å². The summed E-state index contributed by atoms with van der Waals surface area (Å²) in [5.41, 5.74) is 2.43. The number of nitrogens with zero attached hydrogens (tertiary/aromatic N) is 1. The van der Waals surface area contributed by atoms with E-state index in [2.05, 4.69) is 42.2 Å². The molecule has 28 heavy (non-hydrogen) atoms. The summed E-state index contributed by atoms with van der Waals surface area (Å²) in [5, 5.41) is 0. The first kappa shape index (κ1) is 20.5. The van der Waals surface area contributed by atoms with Crippen LogP contribution in [0, 0.1) is 0 Å². The highest BCUT2D eigenvalue weighted by molar-refractivity contribution is 6.03. The van der Waals surface area contributed by atoms with Crippen molar-refractivity contribution in [2.24, 2.45) is 0 Å². The van der Waals surface area contributed by atoms with Gasteiger partial charge in [-0.25, -0.2) is 0 Å². The fourth-order valence-electron chi connectivity index (χ4n) is 3.73. The van der Waals surface area contributed by atoms with Crippen molar-refractivity contribution < 1.29 is 9.53 Å². The highest BCUT2D eigenvalue weighted by Crippen LogP contribution is 2.28. The van der Waals surface area contributed by atoms with Crippen LogP contribution in [0.15, 0.2) is 72.3 Å². The van der Waals surface area contributed by atoms with Gasteiger partial charge in [0.1, 0.15) is 5.60 Å². The molecule has 0 aliphatic carbocycles. The van der Waals surface area contributed by atoms with E-state index in [-0.39, 0.29) is 5.78 Å². The number of piperidine rings is 1. The van der Waals surface area contributed by atoms with Gasteiger partial charge in [-0.2, -0.15) is 0 Å². The summed E-state index contributed by atoms with van der Waals surface area (Å²) < 4.78 is 6.24. The maximum Gasteiger partial charge on any atom is 0.192 e. The van der Waals surface area contributed by atoms with E-state index in [0.717, 1.165) is 36.9 Å². The molecule has 0 amide bonds. The molecule has 3 rings (SSSR count). The first-order valence-corrected chi connectivity index (χ1v) is 10.3. The summed E-state index contributed by atoms with van der Waals surface area (Å²) in [6.07, 6.45) is 5.32. The van der Waals surface area contributed by atoms with Crippen LogP contribution in [0.5, 0.6) is 0 Å². The molecule has 1 atom stereocenters. The maximum atomic E-state index is 13.2. The molecule has 3 nitrogen and oxygen atoms in total. The Morgan fingerprint density at radius 1 is 1.04 bits per heavy atom. The zero-order chi connectivity index (χ0) is 19.8. The molecule has 1 aliphatic heterocycles. The van der Waals surface area contributed by atoms with Crippen molar-refractivity contribution in [3.8, 4) is 0 Å². The molecular weight excluding hydrogens is 346 g/mol. The average molecular weight is 378 g/mol.